The van der Waals surface area contributed by atoms with Crippen molar-refractivity contribution < 1.29 is 9.59 Å². The molecule has 146 valence electrons. The third-order valence-corrected chi connectivity index (χ3v) is 6.75. The van der Waals surface area contributed by atoms with E-state index >= 15 is 0 Å². The van der Waals surface area contributed by atoms with Gasteiger partial charge in [-0.1, -0.05) is 6.07 Å². The molecule has 4 rings (SSSR count). The molecule has 1 aliphatic heterocycles. The molecule has 6 nitrogen and oxygen atoms in total. The van der Waals surface area contributed by atoms with Crippen molar-refractivity contribution in [3.05, 3.63) is 28.3 Å². The van der Waals surface area contributed by atoms with Crippen LogP contribution in [0, 0.1) is 0 Å². The van der Waals surface area contributed by atoms with Crippen LogP contribution in [0.25, 0.3) is 0 Å². The summed E-state index contributed by atoms with van der Waals surface area (Å²) in [5, 5.41) is 3.50. The average molecular weight is 389 g/mol. The third-order valence-electron chi connectivity index (χ3n) is 5.81. The first-order chi connectivity index (χ1) is 13.0. The summed E-state index contributed by atoms with van der Waals surface area (Å²) in [6.45, 7) is 2.12. The number of anilines is 1. The molecule has 7 heteroatoms. The molecule has 3 amide bonds. The van der Waals surface area contributed by atoms with Crippen LogP contribution in [0.1, 0.15) is 35.1 Å². The molecule has 27 heavy (non-hydrogen) atoms. The minimum Gasteiger partial charge on any atom is -0.348 e. The SMILES string of the molecule is CN(C)C(=O)CN1CC(SNC(=O)Nc2c3c(cc4c2CCC4)CCC3)C1. The number of likely N-dealkylation sites (N-methyl/N-ethyl adjacent to an activating group) is 1. The van der Waals surface area contributed by atoms with E-state index in [0.717, 1.165) is 44.5 Å². The molecule has 0 radical (unpaired) electrons. The molecule has 0 spiro atoms. The van der Waals surface area contributed by atoms with Crippen molar-refractivity contribution >= 4 is 29.6 Å². The summed E-state index contributed by atoms with van der Waals surface area (Å²) in [6, 6.07) is 2.25. The zero-order valence-electron chi connectivity index (χ0n) is 16.1. The average Bonchev–Trinajstić information content (AvgIpc) is 3.24. The Morgan fingerprint density at radius 2 is 1.74 bits per heavy atom. The molecule has 2 N–H and O–H groups in total. The van der Waals surface area contributed by atoms with Gasteiger partial charge in [-0.2, -0.15) is 0 Å². The van der Waals surface area contributed by atoms with Crippen molar-refractivity contribution in [1.82, 2.24) is 14.5 Å². The van der Waals surface area contributed by atoms with E-state index in [1.165, 1.54) is 47.0 Å². The highest BCUT2D eigenvalue weighted by Crippen LogP contribution is 2.38. The zero-order chi connectivity index (χ0) is 19.0. The van der Waals surface area contributed by atoms with Crippen molar-refractivity contribution in [2.45, 2.75) is 43.8 Å². The number of fused-ring (bicyclic) bond motifs is 2. The summed E-state index contributed by atoms with van der Waals surface area (Å²) in [5.41, 5.74) is 6.65. The van der Waals surface area contributed by atoms with Gasteiger partial charge in [-0.25, -0.2) is 4.79 Å². The van der Waals surface area contributed by atoms with Crippen molar-refractivity contribution in [1.29, 1.82) is 0 Å². The number of nitrogens with one attached hydrogen (secondary N) is 2. The molecule has 0 atom stereocenters. The second-order valence-corrected chi connectivity index (χ2v) is 9.12. The van der Waals surface area contributed by atoms with Crippen LogP contribution in [-0.2, 0) is 30.5 Å². The van der Waals surface area contributed by atoms with Crippen LogP contribution in [0.4, 0.5) is 10.5 Å². The quantitative estimate of drug-likeness (QED) is 0.759. The maximum atomic E-state index is 12.5. The maximum absolute atomic E-state index is 12.5. The Hall–Kier alpha value is -1.73. The standard InChI is InChI=1S/C20H28N4O2S/c1-23(2)18(25)12-24-10-15(11-24)27-22-20(26)21-19-16-7-3-5-13(16)9-14-6-4-8-17(14)19/h9,15H,3-8,10-12H2,1-2H3,(H2,21,22,26). The van der Waals surface area contributed by atoms with Crippen molar-refractivity contribution in [2.24, 2.45) is 0 Å². The number of carbonyl (C=O) groups excluding carboxylic acids is 2. The Bertz CT molecular complexity index is 727. The van der Waals surface area contributed by atoms with E-state index in [0.29, 0.717) is 11.8 Å². The Labute approximate surface area is 165 Å². The molecular formula is C20H28N4O2S. The lowest BCUT2D eigenvalue weighted by Crippen LogP contribution is -2.53. The van der Waals surface area contributed by atoms with E-state index in [9.17, 15) is 9.59 Å². The first kappa shape index (κ1) is 18.6. The highest BCUT2D eigenvalue weighted by atomic mass is 32.2. The Kier molecular flexibility index (Phi) is 5.32. The van der Waals surface area contributed by atoms with Gasteiger partial charge in [0.15, 0.2) is 0 Å². The summed E-state index contributed by atoms with van der Waals surface area (Å²) >= 11 is 1.47. The smallest absolute Gasteiger partial charge is 0.329 e. The molecule has 0 bridgehead atoms. The number of amides is 3. The van der Waals surface area contributed by atoms with Gasteiger partial charge in [0.25, 0.3) is 0 Å². The van der Waals surface area contributed by atoms with Gasteiger partial charge in [-0.15, -0.1) is 0 Å². The molecule has 2 aliphatic carbocycles. The molecule has 1 aromatic rings. The van der Waals surface area contributed by atoms with Crippen molar-refractivity contribution in [3.8, 4) is 0 Å². The Morgan fingerprint density at radius 1 is 1.11 bits per heavy atom. The molecule has 1 aromatic carbocycles. The lowest BCUT2D eigenvalue weighted by molar-refractivity contribution is -0.130. The number of likely N-dealkylation sites (tertiary alicyclic amines) is 1. The van der Waals surface area contributed by atoms with Crippen LogP contribution in [-0.4, -0.2) is 60.7 Å². The summed E-state index contributed by atoms with van der Waals surface area (Å²) in [6.07, 6.45) is 6.79. The summed E-state index contributed by atoms with van der Waals surface area (Å²) < 4.78 is 2.96. The number of nitrogens with zero attached hydrogens (tertiary/aromatic N) is 2. The van der Waals surface area contributed by atoms with Crippen LogP contribution < -0.4 is 10.0 Å². The van der Waals surface area contributed by atoms with Gasteiger partial charge >= 0.3 is 6.03 Å². The second-order valence-electron chi connectivity index (χ2n) is 8.01. The fourth-order valence-corrected chi connectivity index (χ4v) is 5.20. The van der Waals surface area contributed by atoms with E-state index in [4.69, 9.17) is 0 Å². The van der Waals surface area contributed by atoms with E-state index in [-0.39, 0.29) is 11.9 Å². The topological polar surface area (TPSA) is 64.7 Å². The molecule has 0 aromatic heterocycles. The van der Waals surface area contributed by atoms with Crippen LogP contribution >= 0.6 is 11.9 Å². The fraction of sp³-hybridized carbons (Fsp3) is 0.600. The predicted molar refractivity (Wildman–Crippen MR) is 109 cm³/mol. The molecule has 1 heterocycles. The molecule has 1 saturated heterocycles. The van der Waals surface area contributed by atoms with E-state index in [2.05, 4.69) is 21.0 Å². The fourth-order valence-electron chi connectivity index (χ4n) is 4.30. The summed E-state index contributed by atoms with van der Waals surface area (Å²) in [5.74, 6) is 0.121. The lowest BCUT2D eigenvalue weighted by Gasteiger charge is -2.38. The number of carbonyl (C=O) groups is 2. The number of urea groups is 1. The monoisotopic (exact) mass is 388 g/mol. The maximum Gasteiger partial charge on any atom is 0.329 e. The molecular weight excluding hydrogens is 360 g/mol. The first-order valence-corrected chi connectivity index (χ1v) is 10.7. The van der Waals surface area contributed by atoms with Gasteiger partial charge in [0, 0.05) is 32.9 Å². The van der Waals surface area contributed by atoms with E-state index < -0.39 is 0 Å². The van der Waals surface area contributed by atoms with Gasteiger partial charge in [0.2, 0.25) is 5.91 Å². The number of aryl methyl sites for hydroxylation is 2. The highest BCUT2D eigenvalue weighted by molar-refractivity contribution is 7.98. The highest BCUT2D eigenvalue weighted by Gasteiger charge is 2.30. The van der Waals surface area contributed by atoms with Gasteiger partial charge in [-0.3, -0.25) is 14.4 Å². The van der Waals surface area contributed by atoms with Crippen molar-refractivity contribution in [2.75, 3.05) is 39.0 Å². The Balaban J connectivity index is 1.29. The zero-order valence-corrected chi connectivity index (χ0v) is 17.0. The third kappa shape index (κ3) is 3.94. The molecule has 0 saturated carbocycles. The second kappa shape index (κ2) is 7.72. The normalized spacial score (nSPS) is 18.6. The number of hydrogen-bond donors (Lipinski definition) is 2. The van der Waals surface area contributed by atoms with Crippen LogP contribution in [0.15, 0.2) is 6.07 Å². The first-order valence-electron chi connectivity index (χ1n) is 9.83. The molecule has 3 aliphatic rings. The van der Waals surface area contributed by atoms with E-state index in [1.807, 2.05) is 0 Å². The predicted octanol–water partition coefficient (Wildman–Crippen LogP) is 2.21. The number of hydrogen-bond acceptors (Lipinski definition) is 4. The van der Waals surface area contributed by atoms with Gasteiger partial charge < -0.3 is 10.2 Å². The van der Waals surface area contributed by atoms with Crippen LogP contribution in [0.2, 0.25) is 0 Å². The van der Waals surface area contributed by atoms with Gasteiger partial charge in [-0.05, 0) is 72.7 Å². The summed E-state index contributed by atoms with van der Waals surface area (Å²) in [7, 11) is 3.55. The van der Waals surface area contributed by atoms with Crippen LogP contribution in [0.5, 0.6) is 0 Å². The van der Waals surface area contributed by atoms with Gasteiger partial charge in [0.1, 0.15) is 0 Å². The number of rotatable bonds is 5. The van der Waals surface area contributed by atoms with E-state index in [1.54, 1.807) is 19.0 Å². The minimum absolute atomic E-state index is 0.121. The van der Waals surface area contributed by atoms with Gasteiger partial charge in [0.05, 0.1) is 11.8 Å². The Morgan fingerprint density at radius 3 is 2.33 bits per heavy atom. The van der Waals surface area contributed by atoms with Crippen LogP contribution in [0.3, 0.4) is 0 Å². The summed E-state index contributed by atoms with van der Waals surface area (Å²) in [4.78, 5) is 27.9. The largest absolute Gasteiger partial charge is 0.348 e. The van der Waals surface area contributed by atoms with Crippen molar-refractivity contribution in [3.63, 3.8) is 0 Å². The molecule has 1 fully saturated rings. The number of benzene rings is 1. The minimum atomic E-state index is -0.128. The molecule has 0 unspecified atom stereocenters. The lowest BCUT2D eigenvalue weighted by atomic mass is 9.99.